The first-order valence-electron chi connectivity index (χ1n) is 7.19. The van der Waals surface area contributed by atoms with Crippen LogP contribution in [0.3, 0.4) is 0 Å². The van der Waals surface area contributed by atoms with Crippen molar-refractivity contribution in [1.29, 1.82) is 0 Å². The van der Waals surface area contributed by atoms with Crippen LogP contribution in [0.25, 0.3) is 0 Å². The van der Waals surface area contributed by atoms with Gasteiger partial charge in [-0.3, -0.25) is 10.1 Å². The predicted molar refractivity (Wildman–Crippen MR) is 81.5 cm³/mol. The Hall–Kier alpha value is -2.47. The zero-order valence-corrected chi connectivity index (χ0v) is 12.6. The zero-order valence-electron chi connectivity index (χ0n) is 12.6. The van der Waals surface area contributed by atoms with Crippen molar-refractivity contribution in [1.82, 2.24) is 5.32 Å². The number of benzene rings is 2. The van der Waals surface area contributed by atoms with E-state index in [-0.39, 0.29) is 12.1 Å². The van der Waals surface area contributed by atoms with Crippen molar-refractivity contribution in [2.75, 3.05) is 6.54 Å². The standard InChI is InChI=1S/C17H17F2NO3/c1-2-14(20-10-15(21)22)12-8-9-13(18)17(16(12)19)23-11-6-4-3-5-7-11/h3-9,14,20H,2,10H2,1H3,(H,21,22). The number of rotatable bonds is 7. The lowest BCUT2D eigenvalue weighted by molar-refractivity contribution is -0.136. The molecule has 2 rings (SSSR count). The molecule has 0 amide bonds. The van der Waals surface area contributed by atoms with Gasteiger partial charge in [-0.1, -0.05) is 31.2 Å². The van der Waals surface area contributed by atoms with Crippen LogP contribution in [0.1, 0.15) is 24.9 Å². The number of para-hydroxylation sites is 1. The molecule has 0 radical (unpaired) electrons. The van der Waals surface area contributed by atoms with Crippen LogP contribution in [-0.4, -0.2) is 17.6 Å². The lowest BCUT2D eigenvalue weighted by atomic mass is 10.0. The van der Waals surface area contributed by atoms with Gasteiger partial charge in [-0.25, -0.2) is 8.78 Å². The van der Waals surface area contributed by atoms with Crippen molar-refractivity contribution in [3.8, 4) is 11.5 Å². The van der Waals surface area contributed by atoms with Crippen molar-refractivity contribution >= 4 is 5.97 Å². The zero-order chi connectivity index (χ0) is 16.8. The number of halogens is 2. The highest BCUT2D eigenvalue weighted by atomic mass is 19.1. The van der Waals surface area contributed by atoms with E-state index in [0.29, 0.717) is 12.2 Å². The van der Waals surface area contributed by atoms with Crippen molar-refractivity contribution < 1.29 is 23.4 Å². The van der Waals surface area contributed by atoms with E-state index in [2.05, 4.69) is 5.32 Å². The summed E-state index contributed by atoms with van der Waals surface area (Å²) in [6, 6.07) is 10.2. The lowest BCUT2D eigenvalue weighted by Crippen LogP contribution is -2.27. The molecule has 0 aliphatic carbocycles. The molecule has 122 valence electrons. The number of aliphatic carboxylic acids is 1. The summed E-state index contributed by atoms with van der Waals surface area (Å²) in [5, 5.41) is 11.4. The van der Waals surface area contributed by atoms with Crippen LogP contribution >= 0.6 is 0 Å². The van der Waals surface area contributed by atoms with Gasteiger partial charge in [0.05, 0.1) is 6.54 Å². The van der Waals surface area contributed by atoms with E-state index < -0.39 is 29.4 Å². The Kier molecular flexibility index (Phi) is 5.65. The molecular formula is C17H17F2NO3. The number of hydrogen-bond acceptors (Lipinski definition) is 3. The molecule has 0 heterocycles. The fourth-order valence-electron chi connectivity index (χ4n) is 2.20. The first kappa shape index (κ1) is 16.9. The van der Waals surface area contributed by atoms with Crippen LogP contribution in [0.15, 0.2) is 42.5 Å². The van der Waals surface area contributed by atoms with Crippen molar-refractivity contribution in [2.45, 2.75) is 19.4 Å². The molecular weight excluding hydrogens is 304 g/mol. The molecule has 0 saturated carbocycles. The second-order valence-corrected chi connectivity index (χ2v) is 4.93. The molecule has 0 spiro atoms. The number of hydrogen-bond donors (Lipinski definition) is 2. The summed E-state index contributed by atoms with van der Waals surface area (Å²) in [4.78, 5) is 10.7. The van der Waals surface area contributed by atoms with E-state index in [9.17, 15) is 13.6 Å². The van der Waals surface area contributed by atoms with Gasteiger partial charge in [0.1, 0.15) is 5.75 Å². The molecule has 0 fully saturated rings. The first-order chi connectivity index (χ1) is 11.0. The molecule has 4 nitrogen and oxygen atoms in total. The van der Waals surface area contributed by atoms with Crippen LogP contribution in [-0.2, 0) is 4.79 Å². The molecule has 0 aromatic heterocycles. The van der Waals surface area contributed by atoms with E-state index in [0.717, 1.165) is 6.07 Å². The van der Waals surface area contributed by atoms with Gasteiger partial charge in [0.2, 0.25) is 0 Å². The van der Waals surface area contributed by atoms with Gasteiger partial charge in [0, 0.05) is 11.6 Å². The monoisotopic (exact) mass is 321 g/mol. The number of ether oxygens (including phenoxy) is 1. The van der Waals surface area contributed by atoms with E-state index >= 15 is 0 Å². The second-order valence-electron chi connectivity index (χ2n) is 4.93. The third kappa shape index (κ3) is 4.26. The molecule has 2 N–H and O–H groups in total. The Morgan fingerprint density at radius 2 is 1.91 bits per heavy atom. The van der Waals surface area contributed by atoms with Gasteiger partial charge in [-0.2, -0.15) is 0 Å². The van der Waals surface area contributed by atoms with E-state index in [1.54, 1.807) is 37.3 Å². The van der Waals surface area contributed by atoms with Crippen molar-refractivity contribution in [2.24, 2.45) is 0 Å². The van der Waals surface area contributed by atoms with Crippen molar-refractivity contribution in [3.05, 3.63) is 59.7 Å². The largest absolute Gasteiger partial charge is 0.480 e. The Balaban J connectivity index is 2.31. The third-order valence-corrected chi connectivity index (χ3v) is 3.33. The number of nitrogens with one attached hydrogen (secondary N) is 1. The van der Waals surface area contributed by atoms with Gasteiger partial charge in [-0.15, -0.1) is 0 Å². The van der Waals surface area contributed by atoms with Crippen molar-refractivity contribution in [3.63, 3.8) is 0 Å². The molecule has 0 aliphatic rings. The van der Waals surface area contributed by atoms with Crippen LogP contribution < -0.4 is 10.1 Å². The summed E-state index contributed by atoms with van der Waals surface area (Å²) in [6.07, 6.45) is 0.445. The Morgan fingerprint density at radius 1 is 1.22 bits per heavy atom. The summed E-state index contributed by atoms with van der Waals surface area (Å²) in [5.74, 6) is -2.88. The number of carboxylic acids is 1. The lowest BCUT2D eigenvalue weighted by Gasteiger charge is -2.19. The fourth-order valence-corrected chi connectivity index (χ4v) is 2.20. The van der Waals surface area contributed by atoms with E-state index in [4.69, 9.17) is 9.84 Å². The Labute approximate surface area is 132 Å². The average Bonchev–Trinajstić information content (AvgIpc) is 2.54. The van der Waals surface area contributed by atoms with Gasteiger partial charge < -0.3 is 9.84 Å². The van der Waals surface area contributed by atoms with Crippen LogP contribution in [0.2, 0.25) is 0 Å². The fraction of sp³-hybridized carbons (Fsp3) is 0.235. The topological polar surface area (TPSA) is 58.6 Å². The van der Waals surface area contributed by atoms with E-state index in [1.807, 2.05) is 0 Å². The Bertz CT molecular complexity index is 677. The second kappa shape index (κ2) is 7.69. The van der Waals surface area contributed by atoms with Gasteiger partial charge in [0.25, 0.3) is 0 Å². The highest BCUT2D eigenvalue weighted by Gasteiger charge is 2.21. The molecule has 2 aromatic carbocycles. The van der Waals surface area contributed by atoms with Crippen LogP contribution in [0, 0.1) is 11.6 Å². The normalized spacial score (nSPS) is 12.0. The maximum Gasteiger partial charge on any atom is 0.317 e. The molecule has 0 saturated heterocycles. The summed E-state index contributed by atoms with van der Waals surface area (Å²) in [5.41, 5.74) is 0.168. The molecule has 0 bridgehead atoms. The maximum atomic E-state index is 14.6. The average molecular weight is 321 g/mol. The highest BCUT2D eigenvalue weighted by Crippen LogP contribution is 2.32. The first-order valence-corrected chi connectivity index (χ1v) is 7.19. The minimum absolute atomic E-state index is 0.168. The molecule has 0 aliphatic heterocycles. The van der Waals surface area contributed by atoms with Crippen LogP contribution in [0.4, 0.5) is 8.78 Å². The molecule has 6 heteroatoms. The maximum absolute atomic E-state index is 14.6. The van der Waals surface area contributed by atoms with Gasteiger partial charge in [-0.05, 0) is 24.6 Å². The molecule has 1 unspecified atom stereocenters. The summed E-state index contributed by atoms with van der Waals surface area (Å²) in [7, 11) is 0. The quantitative estimate of drug-likeness (QED) is 0.812. The smallest absolute Gasteiger partial charge is 0.317 e. The predicted octanol–water partition coefficient (Wildman–Crippen LogP) is 3.88. The van der Waals surface area contributed by atoms with Gasteiger partial charge >= 0.3 is 5.97 Å². The van der Waals surface area contributed by atoms with Crippen LogP contribution in [0.5, 0.6) is 11.5 Å². The minimum Gasteiger partial charge on any atom is -0.480 e. The summed E-state index contributed by atoms with van der Waals surface area (Å²) < 4.78 is 33.9. The Morgan fingerprint density at radius 3 is 2.52 bits per heavy atom. The SMILES string of the molecule is CCC(NCC(=O)O)c1ccc(F)c(Oc2ccccc2)c1F. The van der Waals surface area contributed by atoms with Gasteiger partial charge in [0.15, 0.2) is 17.4 Å². The molecule has 1 atom stereocenters. The van der Waals surface area contributed by atoms with E-state index in [1.165, 1.54) is 6.07 Å². The molecule has 23 heavy (non-hydrogen) atoms. The molecule has 2 aromatic rings. The highest BCUT2D eigenvalue weighted by molar-refractivity contribution is 5.69. The summed E-state index contributed by atoms with van der Waals surface area (Å²) >= 11 is 0. The number of carboxylic acid groups (broad SMARTS) is 1. The summed E-state index contributed by atoms with van der Waals surface area (Å²) in [6.45, 7) is 1.46. The third-order valence-electron chi connectivity index (χ3n) is 3.33. The minimum atomic E-state index is -1.05. The number of carbonyl (C=O) groups is 1.